The number of para-hydroxylation sites is 1. The fraction of sp³-hybridized carbons (Fsp3) is 0.0870. The minimum absolute atomic E-state index is 0.0387. The van der Waals surface area contributed by atoms with Crippen molar-refractivity contribution in [2.75, 3.05) is 22.0 Å². The van der Waals surface area contributed by atoms with Gasteiger partial charge in [-0.3, -0.25) is 4.31 Å². The van der Waals surface area contributed by atoms with Gasteiger partial charge in [-0.25, -0.2) is 22.9 Å². The van der Waals surface area contributed by atoms with Gasteiger partial charge in [-0.1, -0.05) is 24.3 Å². The van der Waals surface area contributed by atoms with Gasteiger partial charge < -0.3 is 10.6 Å². The fourth-order valence-corrected chi connectivity index (χ4v) is 4.16. The molecule has 4 rings (SSSR count). The summed E-state index contributed by atoms with van der Waals surface area (Å²) >= 11 is 0. The molecule has 0 aliphatic carbocycles. The molecule has 33 heavy (non-hydrogen) atoms. The van der Waals surface area contributed by atoms with Crippen molar-refractivity contribution in [3.63, 3.8) is 0 Å². The number of carbonyl (C=O) groups excluding carboxylic acids is 1. The predicted octanol–water partition coefficient (Wildman–Crippen LogP) is 4.04. The number of rotatable bonds is 6. The van der Waals surface area contributed by atoms with E-state index in [0.717, 1.165) is 9.87 Å². The molecule has 0 saturated carbocycles. The number of benzene rings is 2. The largest absolute Gasteiger partial charge is 0.323 e. The highest BCUT2D eigenvalue weighted by Crippen LogP contribution is 2.24. The highest BCUT2D eigenvalue weighted by molar-refractivity contribution is 7.92. The monoisotopic (exact) mass is 462 g/mol. The quantitative estimate of drug-likeness (QED) is 0.449. The molecule has 2 N–H and O–H groups in total. The molecule has 0 fully saturated rings. The molecule has 4 aromatic rings. The van der Waals surface area contributed by atoms with Crippen LogP contribution in [0.5, 0.6) is 0 Å². The predicted molar refractivity (Wildman–Crippen MR) is 127 cm³/mol. The van der Waals surface area contributed by atoms with Crippen LogP contribution < -0.4 is 14.9 Å². The molecule has 0 unspecified atom stereocenters. The summed E-state index contributed by atoms with van der Waals surface area (Å²) in [6, 6.07) is 18.8. The van der Waals surface area contributed by atoms with E-state index in [2.05, 4.69) is 20.7 Å². The first-order valence-corrected chi connectivity index (χ1v) is 11.5. The van der Waals surface area contributed by atoms with E-state index in [1.54, 1.807) is 48.7 Å². The van der Waals surface area contributed by atoms with Crippen LogP contribution in [0.25, 0.3) is 5.82 Å². The minimum Gasteiger partial charge on any atom is -0.308 e. The van der Waals surface area contributed by atoms with Gasteiger partial charge in [-0.05, 0) is 55.0 Å². The van der Waals surface area contributed by atoms with Gasteiger partial charge in [0.25, 0.3) is 10.0 Å². The number of amides is 2. The SMILES string of the molecule is Cc1ccc(-n2cc(S(=O)(=O)N(C)c3ccc(NC(=O)Nc4ccccc4)cc3)cn2)nc1. The minimum atomic E-state index is -3.84. The van der Waals surface area contributed by atoms with Crippen molar-refractivity contribution in [2.24, 2.45) is 0 Å². The normalized spacial score (nSPS) is 11.1. The van der Waals surface area contributed by atoms with Gasteiger partial charge in [0, 0.05) is 24.6 Å². The van der Waals surface area contributed by atoms with E-state index in [1.807, 2.05) is 31.2 Å². The Bertz CT molecular complexity index is 1350. The molecule has 2 aromatic carbocycles. The van der Waals surface area contributed by atoms with Crippen LogP contribution >= 0.6 is 0 Å². The average molecular weight is 463 g/mol. The Morgan fingerprint density at radius 3 is 2.21 bits per heavy atom. The Morgan fingerprint density at radius 2 is 1.58 bits per heavy atom. The van der Waals surface area contributed by atoms with Crippen LogP contribution in [-0.2, 0) is 10.0 Å². The number of nitrogens with zero attached hydrogens (tertiary/aromatic N) is 4. The van der Waals surface area contributed by atoms with E-state index < -0.39 is 16.1 Å². The van der Waals surface area contributed by atoms with Crippen LogP contribution in [0.4, 0.5) is 21.9 Å². The van der Waals surface area contributed by atoms with E-state index in [0.29, 0.717) is 22.9 Å². The maximum Gasteiger partial charge on any atom is 0.323 e. The molecular weight excluding hydrogens is 440 g/mol. The summed E-state index contributed by atoms with van der Waals surface area (Å²) in [6.45, 7) is 1.92. The topological polar surface area (TPSA) is 109 Å². The second kappa shape index (κ2) is 9.13. The molecule has 0 spiro atoms. The molecule has 168 valence electrons. The van der Waals surface area contributed by atoms with Crippen molar-refractivity contribution in [3.8, 4) is 5.82 Å². The Hall–Kier alpha value is -4.18. The Kier molecular flexibility index (Phi) is 6.09. The van der Waals surface area contributed by atoms with Crippen molar-refractivity contribution in [3.05, 3.63) is 90.9 Å². The molecule has 2 heterocycles. The summed E-state index contributed by atoms with van der Waals surface area (Å²) in [6.07, 6.45) is 4.40. The van der Waals surface area contributed by atoms with Crippen molar-refractivity contribution < 1.29 is 13.2 Å². The van der Waals surface area contributed by atoms with Crippen molar-refractivity contribution in [1.29, 1.82) is 0 Å². The number of aromatic nitrogens is 3. The maximum absolute atomic E-state index is 13.1. The van der Waals surface area contributed by atoms with Crippen LogP contribution in [0.3, 0.4) is 0 Å². The van der Waals surface area contributed by atoms with Crippen LogP contribution in [0.1, 0.15) is 5.56 Å². The number of carbonyl (C=O) groups is 1. The zero-order valence-electron chi connectivity index (χ0n) is 18.0. The van der Waals surface area contributed by atoms with Gasteiger partial charge in [0.15, 0.2) is 5.82 Å². The van der Waals surface area contributed by atoms with Crippen LogP contribution in [-0.4, -0.2) is 36.3 Å². The average Bonchev–Trinajstić information content (AvgIpc) is 3.31. The molecule has 0 bridgehead atoms. The number of hydrogen-bond acceptors (Lipinski definition) is 5. The van der Waals surface area contributed by atoms with Crippen molar-refractivity contribution >= 4 is 33.1 Å². The molecular formula is C23H22N6O3S. The zero-order valence-corrected chi connectivity index (χ0v) is 18.8. The molecule has 0 radical (unpaired) electrons. The van der Waals surface area contributed by atoms with Crippen molar-refractivity contribution in [1.82, 2.24) is 14.8 Å². The lowest BCUT2D eigenvalue weighted by Crippen LogP contribution is -2.26. The number of nitrogens with one attached hydrogen (secondary N) is 2. The first-order valence-electron chi connectivity index (χ1n) is 10.0. The summed E-state index contributed by atoms with van der Waals surface area (Å²) in [5.74, 6) is 0.522. The third-order valence-corrected chi connectivity index (χ3v) is 6.61. The summed E-state index contributed by atoms with van der Waals surface area (Å²) < 4.78 is 28.7. The Labute approximate surface area is 191 Å². The van der Waals surface area contributed by atoms with Gasteiger partial charge in [0.1, 0.15) is 4.90 Å². The first kappa shape index (κ1) is 22.0. The van der Waals surface area contributed by atoms with E-state index >= 15 is 0 Å². The highest BCUT2D eigenvalue weighted by Gasteiger charge is 2.23. The molecule has 0 saturated heterocycles. The molecule has 0 aliphatic heterocycles. The maximum atomic E-state index is 13.1. The van der Waals surface area contributed by atoms with E-state index in [1.165, 1.54) is 24.1 Å². The molecule has 2 amide bonds. The molecule has 10 heteroatoms. The first-order chi connectivity index (χ1) is 15.8. The molecule has 0 aliphatic rings. The van der Waals surface area contributed by atoms with E-state index in [4.69, 9.17) is 0 Å². The molecule has 9 nitrogen and oxygen atoms in total. The second-order valence-electron chi connectivity index (χ2n) is 7.28. The van der Waals surface area contributed by atoms with Gasteiger partial charge in [0.05, 0.1) is 18.1 Å². The third kappa shape index (κ3) is 5.01. The number of sulfonamides is 1. The van der Waals surface area contributed by atoms with E-state index in [-0.39, 0.29) is 4.90 Å². The Morgan fingerprint density at radius 1 is 0.909 bits per heavy atom. The zero-order chi connectivity index (χ0) is 23.4. The second-order valence-corrected chi connectivity index (χ2v) is 9.25. The van der Waals surface area contributed by atoms with Crippen LogP contribution in [0.2, 0.25) is 0 Å². The van der Waals surface area contributed by atoms with Gasteiger partial charge in [-0.15, -0.1) is 0 Å². The van der Waals surface area contributed by atoms with Gasteiger partial charge >= 0.3 is 6.03 Å². The Balaban J connectivity index is 1.45. The lowest BCUT2D eigenvalue weighted by molar-refractivity contribution is 0.262. The number of anilines is 3. The third-order valence-electron chi connectivity index (χ3n) is 4.87. The number of aryl methyl sites for hydroxylation is 1. The van der Waals surface area contributed by atoms with Gasteiger partial charge in [-0.2, -0.15) is 5.10 Å². The van der Waals surface area contributed by atoms with Crippen LogP contribution in [0.15, 0.2) is 90.2 Å². The number of hydrogen-bond donors (Lipinski definition) is 2. The lowest BCUT2D eigenvalue weighted by atomic mass is 10.3. The lowest BCUT2D eigenvalue weighted by Gasteiger charge is -2.19. The summed E-state index contributed by atoms with van der Waals surface area (Å²) in [5.41, 5.74) is 2.62. The molecule has 0 atom stereocenters. The van der Waals surface area contributed by atoms with E-state index in [9.17, 15) is 13.2 Å². The highest BCUT2D eigenvalue weighted by atomic mass is 32.2. The number of urea groups is 1. The fourth-order valence-electron chi connectivity index (χ4n) is 3.03. The summed E-state index contributed by atoms with van der Waals surface area (Å²) in [5, 5.41) is 9.57. The summed E-state index contributed by atoms with van der Waals surface area (Å²) in [7, 11) is -2.38. The van der Waals surface area contributed by atoms with Crippen LogP contribution in [0, 0.1) is 6.92 Å². The smallest absolute Gasteiger partial charge is 0.308 e. The molecule has 2 aromatic heterocycles. The summed E-state index contributed by atoms with van der Waals surface area (Å²) in [4.78, 5) is 16.4. The number of pyridine rings is 1. The standard InChI is InChI=1S/C23H22N6O3S/c1-17-8-13-22(24-14-17)29-16-21(15-25-29)33(31,32)28(2)20-11-9-19(10-12-20)27-23(30)26-18-6-4-3-5-7-18/h3-16H,1-2H3,(H2,26,27,30). The van der Waals surface area contributed by atoms with Crippen molar-refractivity contribution in [2.45, 2.75) is 11.8 Å². The van der Waals surface area contributed by atoms with Gasteiger partial charge in [0.2, 0.25) is 0 Å².